The number of rotatable bonds is 8. The molecule has 3 amide bonds. The molecule has 3 aromatic carbocycles. The number of carbonyl (C=O) groups excluding carboxylic acids is 2. The summed E-state index contributed by atoms with van der Waals surface area (Å²) in [6.07, 6.45) is 0.167. The molecule has 3 aromatic rings. The van der Waals surface area contributed by atoms with Gasteiger partial charge in [0, 0.05) is 25.2 Å². The van der Waals surface area contributed by atoms with Gasteiger partial charge >= 0.3 is 6.03 Å². The highest BCUT2D eigenvalue weighted by molar-refractivity contribution is 7.89. The zero-order valence-electron chi connectivity index (χ0n) is 19.0. The minimum Gasteiger partial charge on any atom is -0.454 e. The van der Waals surface area contributed by atoms with Crippen LogP contribution in [-0.4, -0.2) is 40.2 Å². The third-order valence-electron chi connectivity index (χ3n) is 5.41. The number of likely N-dealkylation sites (N-methyl/N-ethyl adjacent to an activating group) is 1. The Morgan fingerprint density at radius 3 is 2.23 bits per heavy atom. The summed E-state index contributed by atoms with van der Waals surface area (Å²) in [5.41, 5.74) is 1.88. The van der Waals surface area contributed by atoms with Gasteiger partial charge in [-0.25, -0.2) is 17.9 Å². The monoisotopic (exact) mass is 495 g/mol. The van der Waals surface area contributed by atoms with Crippen LogP contribution >= 0.6 is 0 Å². The van der Waals surface area contributed by atoms with E-state index in [1.807, 2.05) is 35.1 Å². The van der Waals surface area contributed by atoms with Crippen LogP contribution in [0.15, 0.2) is 78.9 Å². The van der Waals surface area contributed by atoms with Crippen LogP contribution in [0.3, 0.4) is 0 Å². The van der Waals surface area contributed by atoms with Crippen LogP contribution in [0.2, 0.25) is 0 Å². The number of nitrogens with one attached hydrogen (secondary N) is 2. The Morgan fingerprint density at radius 2 is 1.54 bits per heavy atom. The molecule has 0 spiro atoms. The molecule has 0 aromatic heterocycles. The fourth-order valence-electron chi connectivity index (χ4n) is 3.66. The SMILES string of the molecule is CN(C(=O)[C@H](Cc1ccccc1)NC(=O)NS(=O)(=O)Cc1ccccc1)c1ccc2c(c1)OCO2. The molecule has 1 atom stereocenters. The number of fused-ring (bicyclic) bond motifs is 1. The first-order chi connectivity index (χ1) is 16.8. The Bertz CT molecular complexity index is 1300. The number of hydrogen-bond acceptors (Lipinski definition) is 6. The molecule has 9 nitrogen and oxygen atoms in total. The highest BCUT2D eigenvalue weighted by Gasteiger charge is 2.28. The van der Waals surface area contributed by atoms with Crippen LogP contribution in [0.4, 0.5) is 10.5 Å². The first-order valence-corrected chi connectivity index (χ1v) is 12.5. The maximum absolute atomic E-state index is 13.4. The van der Waals surface area contributed by atoms with Gasteiger partial charge < -0.3 is 19.7 Å². The lowest BCUT2D eigenvalue weighted by atomic mass is 10.0. The number of nitrogens with zero attached hydrogens (tertiary/aromatic N) is 1. The van der Waals surface area contributed by atoms with Crippen molar-refractivity contribution in [1.29, 1.82) is 0 Å². The highest BCUT2D eigenvalue weighted by Crippen LogP contribution is 2.35. The lowest BCUT2D eigenvalue weighted by Gasteiger charge is -2.25. The van der Waals surface area contributed by atoms with Crippen molar-refractivity contribution >= 4 is 27.6 Å². The number of amides is 3. The van der Waals surface area contributed by atoms with Crippen molar-refractivity contribution < 1.29 is 27.5 Å². The average Bonchev–Trinajstić information content (AvgIpc) is 3.31. The number of ether oxygens (including phenoxy) is 2. The van der Waals surface area contributed by atoms with Crippen molar-refractivity contribution in [1.82, 2.24) is 10.0 Å². The summed E-state index contributed by atoms with van der Waals surface area (Å²) in [5.74, 6) is 0.301. The number of carbonyl (C=O) groups is 2. The summed E-state index contributed by atoms with van der Waals surface area (Å²) in [7, 11) is -2.40. The molecule has 0 radical (unpaired) electrons. The quantitative estimate of drug-likeness (QED) is 0.497. The van der Waals surface area contributed by atoms with E-state index in [1.54, 1.807) is 55.6 Å². The van der Waals surface area contributed by atoms with Gasteiger partial charge in [-0.3, -0.25) is 4.79 Å². The maximum Gasteiger partial charge on any atom is 0.329 e. The van der Waals surface area contributed by atoms with Gasteiger partial charge in [0.2, 0.25) is 22.7 Å². The van der Waals surface area contributed by atoms with Gasteiger partial charge in [0.15, 0.2) is 11.5 Å². The number of anilines is 1. The molecule has 182 valence electrons. The van der Waals surface area contributed by atoms with E-state index < -0.39 is 28.0 Å². The van der Waals surface area contributed by atoms with E-state index in [-0.39, 0.29) is 19.0 Å². The zero-order chi connectivity index (χ0) is 24.8. The van der Waals surface area contributed by atoms with Crippen molar-refractivity contribution in [2.45, 2.75) is 18.2 Å². The fraction of sp³-hybridized carbons (Fsp3) is 0.200. The summed E-state index contributed by atoms with van der Waals surface area (Å²) >= 11 is 0. The summed E-state index contributed by atoms with van der Waals surface area (Å²) in [5, 5.41) is 2.53. The second-order valence-corrected chi connectivity index (χ2v) is 9.72. The second-order valence-electron chi connectivity index (χ2n) is 8.00. The second kappa shape index (κ2) is 10.5. The molecular formula is C25H25N3O6S. The molecule has 0 saturated heterocycles. The van der Waals surface area contributed by atoms with Gasteiger partial charge in [-0.05, 0) is 23.3 Å². The smallest absolute Gasteiger partial charge is 0.329 e. The van der Waals surface area contributed by atoms with Crippen molar-refractivity contribution in [2.75, 3.05) is 18.7 Å². The summed E-state index contributed by atoms with van der Waals surface area (Å²) in [6, 6.07) is 20.7. The molecule has 0 bridgehead atoms. The van der Waals surface area contributed by atoms with E-state index in [1.165, 1.54) is 4.90 Å². The summed E-state index contributed by atoms with van der Waals surface area (Å²) in [6.45, 7) is 0.103. The maximum atomic E-state index is 13.4. The normalized spacial score (nSPS) is 13.1. The third kappa shape index (κ3) is 6.30. The molecule has 0 saturated carbocycles. The topological polar surface area (TPSA) is 114 Å². The molecule has 35 heavy (non-hydrogen) atoms. The largest absolute Gasteiger partial charge is 0.454 e. The van der Waals surface area contributed by atoms with E-state index in [2.05, 4.69) is 5.32 Å². The Kier molecular flexibility index (Phi) is 7.21. The Hall–Kier alpha value is -4.05. The zero-order valence-corrected chi connectivity index (χ0v) is 19.8. The van der Waals surface area contributed by atoms with E-state index in [4.69, 9.17) is 9.47 Å². The van der Waals surface area contributed by atoms with Gasteiger partial charge in [0.1, 0.15) is 6.04 Å². The minimum atomic E-state index is -3.97. The molecule has 10 heteroatoms. The molecule has 0 aliphatic carbocycles. The predicted molar refractivity (Wildman–Crippen MR) is 131 cm³/mol. The molecular weight excluding hydrogens is 470 g/mol. The van der Waals surface area contributed by atoms with Crippen LogP contribution in [0.5, 0.6) is 11.5 Å². The number of urea groups is 1. The van der Waals surface area contributed by atoms with Crippen LogP contribution in [0, 0.1) is 0 Å². The summed E-state index contributed by atoms with van der Waals surface area (Å²) < 4.78 is 37.7. The number of sulfonamides is 1. The number of benzene rings is 3. The van der Waals surface area contributed by atoms with Gasteiger partial charge in [-0.2, -0.15) is 0 Å². The lowest BCUT2D eigenvalue weighted by molar-refractivity contribution is -0.120. The molecule has 1 heterocycles. The molecule has 4 rings (SSSR count). The van der Waals surface area contributed by atoms with Gasteiger partial charge in [-0.15, -0.1) is 0 Å². The van der Waals surface area contributed by atoms with Crippen LogP contribution in [0.25, 0.3) is 0 Å². The van der Waals surface area contributed by atoms with Gasteiger partial charge in [0.05, 0.1) is 5.75 Å². The first-order valence-electron chi connectivity index (χ1n) is 10.9. The average molecular weight is 496 g/mol. The third-order valence-corrected chi connectivity index (χ3v) is 6.62. The predicted octanol–water partition coefficient (Wildman–Crippen LogP) is 2.82. The van der Waals surface area contributed by atoms with Crippen molar-refractivity contribution in [2.24, 2.45) is 0 Å². The van der Waals surface area contributed by atoms with Gasteiger partial charge in [-0.1, -0.05) is 60.7 Å². The van der Waals surface area contributed by atoms with E-state index in [0.717, 1.165) is 5.56 Å². The van der Waals surface area contributed by atoms with Crippen molar-refractivity contribution in [3.05, 3.63) is 90.0 Å². The van der Waals surface area contributed by atoms with E-state index in [9.17, 15) is 18.0 Å². The fourth-order valence-corrected chi connectivity index (χ4v) is 4.71. The first kappa shape index (κ1) is 24.1. The standard InChI is InChI=1S/C25H25N3O6S/c1-28(20-12-13-22-23(15-20)34-17-33-22)24(29)21(14-18-8-4-2-5-9-18)26-25(30)27-35(31,32)16-19-10-6-3-7-11-19/h2-13,15,21H,14,16-17H2,1H3,(H2,26,27,30)/t21-/m0/s1. The lowest BCUT2D eigenvalue weighted by Crippen LogP contribution is -2.52. The number of hydrogen-bond donors (Lipinski definition) is 2. The molecule has 2 N–H and O–H groups in total. The van der Waals surface area contributed by atoms with Crippen molar-refractivity contribution in [3.8, 4) is 11.5 Å². The highest BCUT2D eigenvalue weighted by atomic mass is 32.2. The van der Waals surface area contributed by atoms with E-state index in [0.29, 0.717) is 22.7 Å². The Balaban J connectivity index is 1.49. The Morgan fingerprint density at radius 1 is 0.914 bits per heavy atom. The van der Waals surface area contributed by atoms with Crippen LogP contribution in [-0.2, 0) is 27.0 Å². The molecule has 0 unspecified atom stereocenters. The molecule has 1 aliphatic rings. The molecule has 1 aliphatic heterocycles. The van der Waals surface area contributed by atoms with Crippen LogP contribution < -0.4 is 24.4 Å². The summed E-state index contributed by atoms with van der Waals surface area (Å²) in [4.78, 5) is 27.4. The van der Waals surface area contributed by atoms with Crippen molar-refractivity contribution in [3.63, 3.8) is 0 Å². The van der Waals surface area contributed by atoms with Crippen LogP contribution in [0.1, 0.15) is 11.1 Å². The molecule has 0 fully saturated rings. The van der Waals surface area contributed by atoms with E-state index >= 15 is 0 Å². The van der Waals surface area contributed by atoms with Gasteiger partial charge in [0.25, 0.3) is 0 Å². The Labute approximate surface area is 203 Å². The minimum absolute atomic E-state index is 0.103.